The third-order valence-electron chi connectivity index (χ3n) is 5.32. The lowest BCUT2D eigenvalue weighted by Gasteiger charge is -2.26. The van der Waals surface area contributed by atoms with Gasteiger partial charge in [-0.2, -0.15) is 0 Å². The first kappa shape index (κ1) is 17.1. The molecular formula is C20H23N3O3. The van der Waals surface area contributed by atoms with Crippen molar-refractivity contribution in [3.63, 3.8) is 0 Å². The van der Waals surface area contributed by atoms with Gasteiger partial charge < -0.3 is 14.4 Å². The van der Waals surface area contributed by atoms with Gasteiger partial charge in [-0.05, 0) is 31.2 Å². The number of aryl methyl sites for hydroxylation is 1. The van der Waals surface area contributed by atoms with E-state index in [0.717, 1.165) is 11.4 Å². The maximum absolute atomic E-state index is 12.8. The molecule has 0 aromatic carbocycles. The number of ether oxygens (including phenoxy) is 2. The van der Waals surface area contributed by atoms with Crippen LogP contribution in [0.2, 0.25) is 0 Å². The Morgan fingerprint density at radius 1 is 1.35 bits per heavy atom. The first-order chi connectivity index (χ1) is 12.7. The van der Waals surface area contributed by atoms with Gasteiger partial charge in [0.1, 0.15) is 0 Å². The summed E-state index contributed by atoms with van der Waals surface area (Å²) in [5, 5.41) is 0. The van der Waals surface area contributed by atoms with Gasteiger partial charge in [0.2, 0.25) is 0 Å². The zero-order chi connectivity index (χ0) is 18.0. The van der Waals surface area contributed by atoms with Crippen molar-refractivity contribution in [1.29, 1.82) is 0 Å². The Morgan fingerprint density at radius 3 is 3.00 bits per heavy atom. The Balaban J connectivity index is 1.41. The van der Waals surface area contributed by atoms with E-state index in [2.05, 4.69) is 9.97 Å². The van der Waals surface area contributed by atoms with Crippen molar-refractivity contribution < 1.29 is 14.3 Å². The second-order valence-electron chi connectivity index (χ2n) is 7.26. The number of fused-ring (bicyclic) bond motifs is 1. The van der Waals surface area contributed by atoms with Gasteiger partial charge in [-0.25, -0.2) is 0 Å². The molecule has 0 aliphatic carbocycles. The lowest BCUT2D eigenvalue weighted by Crippen LogP contribution is -2.37. The predicted molar refractivity (Wildman–Crippen MR) is 95.5 cm³/mol. The average molecular weight is 353 g/mol. The Hall–Kier alpha value is -2.31. The number of rotatable bonds is 5. The van der Waals surface area contributed by atoms with Crippen LogP contribution < -0.4 is 0 Å². The van der Waals surface area contributed by atoms with E-state index in [4.69, 9.17) is 9.47 Å². The molecule has 0 N–H and O–H groups in total. The van der Waals surface area contributed by atoms with Gasteiger partial charge in [-0.1, -0.05) is 6.07 Å². The normalized spacial score (nSPS) is 24.7. The maximum Gasteiger partial charge on any atom is 0.253 e. The smallest absolute Gasteiger partial charge is 0.253 e. The van der Waals surface area contributed by atoms with Gasteiger partial charge >= 0.3 is 0 Å². The van der Waals surface area contributed by atoms with Crippen LogP contribution in [-0.4, -0.2) is 53.7 Å². The third kappa shape index (κ3) is 3.34. The van der Waals surface area contributed by atoms with Crippen molar-refractivity contribution in [2.75, 3.05) is 32.9 Å². The number of amides is 1. The Labute approximate surface area is 153 Å². The summed E-state index contributed by atoms with van der Waals surface area (Å²) in [6.07, 6.45) is 3.31. The van der Waals surface area contributed by atoms with E-state index in [1.807, 2.05) is 30.0 Å². The van der Waals surface area contributed by atoms with Crippen LogP contribution in [0.3, 0.4) is 0 Å². The highest BCUT2D eigenvalue weighted by Crippen LogP contribution is 2.42. The van der Waals surface area contributed by atoms with Crippen LogP contribution in [0.4, 0.5) is 0 Å². The van der Waals surface area contributed by atoms with Crippen LogP contribution in [-0.2, 0) is 16.1 Å². The quantitative estimate of drug-likeness (QED) is 0.824. The van der Waals surface area contributed by atoms with Crippen molar-refractivity contribution >= 4 is 5.91 Å². The van der Waals surface area contributed by atoms with E-state index in [1.54, 1.807) is 24.5 Å². The largest absolute Gasteiger partial charge is 0.380 e. The molecule has 2 aliphatic rings. The highest BCUT2D eigenvalue weighted by Gasteiger charge is 2.52. The molecule has 2 atom stereocenters. The Bertz CT molecular complexity index is 783. The monoisotopic (exact) mass is 353 g/mol. The van der Waals surface area contributed by atoms with E-state index >= 15 is 0 Å². The number of nitrogens with zero attached hydrogens (tertiary/aromatic N) is 3. The SMILES string of the molecule is Cc1cccc(COC[C@]23COC[C@H]2CN(C(=O)c2ccncc2)C3)n1. The molecule has 0 unspecified atom stereocenters. The summed E-state index contributed by atoms with van der Waals surface area (Å²) in [6, 6.07) is 9.47. The highest BCUT2D eigenvalue weighted by atomic mass is 16.5. The fourth-order valence-corrected chi connectivity index (χ4v) is 3.91. The lowest BCUT2D eigenvalue weighted by atomic mass is 9.82. The Morgan fingerprint density at radius 2 is 2.19 bits per heavy atom. The minimum absolute atomic E-state index is 0.0570. The number of aromatic nitrogens is 2. The molecule has 26 heavy (non-hydrogen) atoms. The minimum Gasteiger partial charge on any atom is -0.380 e. The van der Waals surface area contributed by atoms with Crippen LogP contribution >= 0.6 is 0 Å². The number of carbonyl (C=O) groups is 1. The van der Waals surface area contributed by atoms with Crippen molar-refractivity contribution in [1.82, 2.24) is 14.9 Å². The molecule has 6 nitrogen and oxygen atoms in total. The lowest BCUT2D eigenvalue weighted by molar-refractivity contribution is 0.0175. The molecular weight excluding hydrogens is 330 g/mol. The van der Waals surface area contributed by atoms with Gasteiger partial charge in [0, 0.05) is 48.1 Å². The summed E-state index contributed by atoms with van der Waals surface area (Å²) in [4.78, 5) is 23.1. The van der Waals surface area contributed by atoms with Crippen molar-refractivity contribution in [3.05, 3.63) is 59.7 Å². The molecule has 0 spiro atoms. The van der Waals surface area contributed by atoms with Crippen molar-refractivity contribution in [2.24, 2.45) is 11.3 Å². The van der Waals surface area contributed by atoms with Crippen molar-refractivity contribution in [2.45, 2.75) is 13.5 Å². The molecule has 2 saturated heterocycles. The van der Waals surface area contributed by atoms with E-state index in [9.17, 15) is 4.79 Å². The van der Waals surface area contributed by atoms with Crippen LogP contribution in [0.1, 0.15) is 21.7 Å². The summed E-state index contributed by atoms with van der Waals surface area (Å²) >= 11 is 0. The number of hydrogen-bond donors (Lipinski definition) is 0. The number of likely N-dealkylation sites (tertiary alicyclic amines) is 1. The van der Waals surface area contributed by atoms with Gasteiger partial charge in [0.25, 0.3) is 5.91 Å². The van der Waals surface area contributed by atoms with E-state index in [-0.39, 0.29) is 11.3 Å². The minimum atomic E-state index is -0.119. The van der Waals surface area contributed by atoms with Gasteiger partial charge in [-0.3, -0.25) is 14.8 Å². The van der Waals surface area contributed by atoms with Crippen LogP contribution in [0.25, 0.3) is 0 Å². The van der Waals surface area contributed by atoms with Gasteiger partial charge in [0.05, 0.1) is 32.1 Å². The van der Waals surface area contributed by atoms with E-state index in [0.29, 0.717) is 51.0 Å². The first-order valence-electron chi connectivity index (χ1n) is 8.94. The molecule has 0 radical (unpaired) electrons. The van der Waals surface area contributed by atoms with E-state index < -0.39 is 0 Å². The number of carbonyl (C=O) groups excluding carboxylic acids is 1. The maximum atomic E-state index is 12.8. The molecule has 0 bridgehead atoms. The topological polar surface area (TPSA) is 64.6 Å². The average Bonchev–Trinajstić information content (AvgIpc) is 3.19. The molecule has 6 heteroatoms. The second kappa shape index (κ2) is 7.13. The fourth-order valence-electron chi connectivity index (χ4n) is 3.91. The van der Waals surface area contributed by atoms with Crippen LogP contribution in [0.5, 0.6) is 0 Å². The molecule has 4 heterocycles. The summed E-state index contributed by atoms with van der Waals surface area (Å²) in [5.41, 5.74) is 2.48. The number of hydrogen-bond acceptors (Lipinski definition) is 5. The Kier molecular flexibility index (Phi) is 4.70. The summed E-state index contributed by atoms with van der Waals surface area (Å²) < 4.78 is 11.7. The molecule has 2 fully saturated rings. The molecule has 4 rings (SSSR count). The number of pyridine rings is 2. The molecule has 2 aromatic heterocycles. The molecule has 2 aromatic rings. The summed E-state index contributed by atoms with van der Waals surface area (Å²) in [6.45, 7) is 5.74. The molecule has 1 amide bonds. The van der Waals surface area contributed by atoms with Crippen molar-refractivity contribution in [3.8, 4) is 0 Å². The first-order valence-corrected chi connectivity index (χ1v) is 8.94. The zero-order valence-corrected chi connectivity index (χ0v) is 14.9. The van der Waals surface area contributed by atoms with Gasteiger partial charge in [0.15, 0.2) is 0 Å². The zero-order valence-electron chi connectivity index (χ0n) is 14.9. The van der Waals surface area contributed by atoms with E-state index in [1.165, 1.54) is 0 Å². The fraction of sp³-hybridized carbons (Fsp3) is 0.450. The summed E-state index contributed by atoms with van der Waals surface area (Å²) in [7, 11) is 0. The summed E-state index contributed by atoms with van der Waals surface area (Å²) in [5.74, 6) is 0.375. The molecule has 2 aliphatic heterocycles. The molecule has 0 saturated carbocycles. The molecule has 136 valence electrons. The van der Waals surface area contributed by atoms with Crippen LogP contribution in [0.15, 0.2) is 42.7 Å². The second-order valence-corrected chi connectivity index (χ2v) is 7.26. The van der Waals surface area contributed by atoms with Crippen LogP contribution in [0, 0.1) is 18.3 Å². The standard InChI is InChI=1S/C20H23N3O3/c1-15-3-2-4-18(22-15)11-26-14-20-12-23(9-17(20)10-25-13-20)19(24)16-5-7-21-8-6-16/h2-8,17H,9-14H2,1H3/t17-,20+/m1/s1. The highest BCUT2D eigenvalue weighted by molar-refractivity contribution is 5.94. The van der Waals surface area contributed by atoms with Gasteiger partial charge in [-0.15, -0.1) is 0 Å². The predicted octanol–water partition coefficient (Wildman–Crippen LogP) is 2.09. The third-order valence-corrected chi connectivity index (χ3v) is 5.32.